The van der Waals surface area contributed by atoms with Gasteiger partial charge in [0.15, 0.2) is 11.9 Å². The number of thiazole rings is 1. The van der Waals surface area contributed by atoms with Crippen LogP contribution in [0.4, 0.5) is 5.13 Å². The third-order valence-electron chi connectivity index (χ3n) is 18.2. The SMILES string of the molecule is C=CC(=O)OCCCCCCOc1ccc(OC(=O)C2CCC(COOc3ccc(OC(=O)C4CCC(Oc5ccc(OCCCCCCOC(=O)C=C)cc5)CC4)cc3/C=N/N(CCCCCCCCCCC(=O)OC(c3ccccc3)c3ccccc3)c3nc4ccccc4s3)CC2)cc1. The molecule has 0 atom stereocenters. The number of hydrazone groups is 1. The molecule has 19 heteroatoms. The van der Waals surface area contributed by atoms with E-state index in [1.807, 2.05) is 108 Å². The van der Waals surface area contributed by atoms with Crippen molar-refractivity contribution in [3.8, 4) is 34.5 Å². The summed E-state index contributed by atoms with van der Waals surface area (Å²) >= 11 is 1.57. The Morgan fingerprint density at radius 2 is 1.01 bits per heavy atom. The number of carbonyl (C=O) groups is 5. The van der Waals surface area contributed by atoms with E-state index < -0.39 is 18.0 Å². The molecular formula is C83H99N3O15S. The van der Waals surface area contributed by atoms with Crippen LogP contribution in [0.15, 0.2) is 182 Å². The number of para-hydroxylation sites is 1. The lowest BCUT2D eigenvalue weighted by Gasteiger charge is -2.28. The Labute approximate surface area is 604 Å². The fourth-order valence-electron chi connectivity index (χ4n) is 12.4. The number of rotatable bonds is 45. The molecule has 0 bridgehead atoms. The Kier molecular flexibility index (Phi) is 32.7. The van der Waals surface area contributed by atoms with E-state index in [1.54, 1.807) is 60.0 Å². The summed E-state index contributed by atoms with van der Waals surface area (Å²) in [6.07, 6.45) is 24.4. The van der Waals surface area contributed by atoms with Crippen molar-refractivity contribution in [2.75, 3.05) is 44.6 Å². The maximum Gasteiger partial charge on any atom is 0.330 e. The number of aromatic nitrogens is 1. The summed E-state index contributed by atoms with van der Waals surface area (Å²) in [4.78, 5) is 80.0. The van der Waals surface area contributed by atoms with E-state index in [2.05, 4.69) is 19.2 Å². The minimum Gasteiger partial charge on any atom is -0.494 e. The highest BCUT2D eigenvalue weighted by molar-refractivity contribution is 7.22. The Morgan fingerprint density at radius 3 is 1.59 bits per heavy atom. The number of esters is 5. The van der Waals surface area contributed by atoms with E-state index in [-0.39, 0.29) is 41.8 Å². The fraction of sp³-hybridized carbons (Fsp3) is 0.434. The van der Waals surface area contributed by atoms with E-state index in [0.29, 0.717) is 113 Å². The van der Waals surface area contributed by atoms with Gasteiger partial charge >= 0.3 is 29.8 Å². The van der Waals surface area contributed by atoms with Crippen molar-refractivity contribution >= 4 is 62.7 Å². The summed E-state index contributed by atoms with van der Waals surface area (Å²) in [6.45, 7) is 9.65. The number of benzene rings is 6. The molecule has 0 aliphatic heterocycles. The molecule has 0 N–H and O–H groups in total. The van der Waals surface area contributed by atoms with Gasteiger partial charge in [-0.3, -0.25) is 14.4 Å². The van der Waals surface area contributed by atoms with Crippen LogP contribution < -0.4 is 33.6 Å². The maximum absolute atomic E-state index is 14.0. The molecule has 6 aromatic carbocycles. The third kappa shape index (κ3) is 26.9. The molecule has 2 fully saturated rings. The van der Waals surface area contributed by atoms with Crippen LogP contribution in [0.1, 0.15) is 183 Å². The summed E-state index contributed by atoms with van der Waals surface area (Å²) in [5.41, 5.74) is 3.34. The van der Waals surface area contributed by atoms with Crippen LogP contribution in [0.2, 0.25) is 0 Å². The summed E-state index contributed by atoms with van der Waals surface area (Å²) in [6, 6.07) is 47.8. The zero-order chi connectivity index (χ0) is 71.2. The van der Waals surface area contributed by atoms with Crippen molar-refractivity contribution in [3.05, 3.63) is 194 Å². The van der Waals surface area contributed by atoms with Crippen LogP contribution in [0.5, 0.6) is 34.5 Å². The molecule has 542 valence electrons. The first-order valence-corrected chi connectivity index (χ1v) is 37.4. The second-order valence-electron chi connectivity index (χ2n) is 26.0. The largest absolute Gasteiger partial charge is 0.494 e. The quantitative estimate of drug-likeness (QED) is 0.00508. The summed E-state index contributed by atoms with van der Waals surface area (Å²) in [5, 5.41) is 7.77. The van der Waals surface area contributed by atoms with Gasteiger partial charge in [0.25, 0.3) is 0 Å². The van der Waals surface area contributed by atoms with Crippen molar-refractivity contribution in [3.63, 3.8) is 0 Å². The smallest absolute Gasteiger partial charge is 0.330 e. The second kappa shape index (κ2) is 43.5. The lowest BCUT2D eigenvalue weighted by Crippen LogP contribution is -2.30. The number of fused-ring (bicyclic) bond motifs is 1. The molecular weight excluding hydrogens is 1310 g/mol. The van der Waals surface area contributed by atoms with Gasteiger partial charge in [0.05, 0.1) is 67.4 Å². The summed E-state index contributed by atoms with van der Waals surface area (Å²) < 4.78 is 47.3. The first-order chi connectivity index (χ1) is 50.0. The van der Waals surface area contributed by atoms with Crippen molar-refractivity contribution in [2.45, 2.75) is 173 Å². The lowest BCUT2D eigenvalue weighted by atomic mass is 9.82. The number of hydrogen-bond donors (Lipinski definition) is 0. The molecule has 2 aliphatic rings. The van der Waals surface area contributed by atoms with E-state index in [4.69, 9.17) is 57.8 Å². The summed E-state index contributed by atoms with van der Waals surface area (Å²) in [5.74, 6) is 1.47. The number of hydrogen-bond acceptors (Lipinski definition) is 19. The van der Waals surface area contributed by atoms with E-state index in [0.717, 1.165) is 154 Å². The molecule has 0 spiro atoms. The van der Waals surface area contributed by atoms with Crippen LogP contribution >= 0.6 is 11.3 Å². The van der Waals surface area contributed by atoms with Crippen LogP contribution in [0.25, 0.3) is 10.2 Å². The van der Waals surface area contributed by atoms with Gasteiger partial charge in [0, 0.05) is 30.7 Å². The van der Waals surface area contributed by atoms with Crippen molar-refractivity contribution < 1.29 is 71.6 Å². The molecule has 102 heavy (non-hydrogen) atoms. The zero-order valence-corrected chi connectivity index (χ0v) is 59.6. The average Bonchev–Trinajstić information content (AvgIpc) is 1.25. The van der Waals surface area contributed by atoms with Gasteiger partial charge in [-0.25, -0.2) is 19.6 Å². The normalized spacial score (nSPS) is 15.8. The highest BCUT2D eigenvalue weighted by Gasteiger charge is 2.31. The Morgan fingerprint density at radius 1 is 0.520 bits per heavy atom. The van der Waals surface area contributed by atoms with Gasteiger partial charge in [0.1, 0.15) is 28.7 Å². The monoisotopic (exact) mass is 1410 g/mol. The van der Waals surface area contributed by atoms with Crippen molar-refractivity contribution in [1.82, 2.24) is 4.98 Å². The van der Waals surface area contributed by atoms with E-state index in [1.165, 1.54) is 12.2 Å². The molecule has 9 rings (SSSR count). The average molecular weight is 1410 g/mol. The second-order valence-corrected chi connectivity index (χ2v) is 27.0. The van der Waals surface area contributed by atoms with Crippen molar-refractivity contribution in [1.29, 1.82) is 0 Å². The highest BCUT2D eigenvalue weighted by atomic mass is 32.1. The predicted molar refractivity (Wildman–Crippen MR) is 396 cm³/mol. The third-order valence-corrected chi connectivity index (χ3v) is 19.3. The highest BCUT2D eigenvalue weighted by Crippen LogP contribution is 2.35. The molecule has 2 aliphatic carbocycles. The minimum atomic E-state index is -0.433. The minimum absolute atomic E-state index is 0.0453. The van der Waals surface area contributed by atoms with Gasteiger partial charge < -0.3 is 42.8 Å². The molecule has 1 aromatic heterocycles. The first kappa shape index (κ1) is 76.8. The topological polar surface area (TPSA) is 206 Å². The summed E-state index contributed by atoms with van der Waals surface area (Å²) in [7, 11) is 0. The number of anilines is 1. The number of carbonyl (C=O) groups excluding carboxylic acids is 5. The molecule has 0 radical (unpaired) electrons. The number of nitrogens with zero attached hydrogens (tertiary/aromatic N) is 3. The maximum atomic E-state index is 14.0. The fourth-order valence-corrected chi connectivity index (χ4v) is 13.3. The number of ether oxygens (including phenoxy) is 8. The van der Waals surface area contributed by atoms with Gasteiger partial charge in [-0.2, -0.15) is 9.99 Å². The molecule has 0 amide bonds. The van der Waals surface area contributed by atoms with Crippen LogP contribution in [0.3, 0.4) is 0 Å². The molecule has 1 heterocycles. The number of unbranched alkanes of at least 4 members (excludes halogenated alkanes) is 13. The van der Waals surface area contributed by atoms with E-state index >= 15 is 0 Å². The van der Waals surface area contributed by atoms with Crippen LogP contribution in [0, 0.1) is 17.8 Å². The van der Waals surface area contributed by atoms with Crippen molar-refractivity contribution in [2.24, 2.45) is 22.9 Å². The van der Waals surface area contributed by atoms with Gasteiger partial charge in [0.2, 0.25) is 5.13 Å². The predicted octanol–water partition coefficient (Wildman–Crippen LogP) is 18.6. The Balaban J connectivity index is 0.755. The zero-order valence-electron chi connectivity index (χ0n) is 58.8. The molecule has 2 saturated carbocycles. The molecule has 7 aromatic rings. The van der Waals surface area contributed by atoms with Gasteiger partial charge in [-0.05, 0) is 211 Å². The Hall–Kier alpha value is -9.33. The van der Waals surface area contributed by atoms with Crippen LogP contribution in [-0.2, 0) is 43.1 Å². The molecule has 0 unspecified atom stereocenters. The molecule has 0 saturated heterocycles. The lowest BCUT2D eigenvalue weighted by molar-refractivity contribution is -0.218. The van der Waals surface area contributed by atoms with Gasteiger partial charge in [-0.1, -0.05) is 136 Å². The van der Waals surface area contributed by atoms with Gasteiger partial charge in [-0.15, -0.1) is 0 Å². The Bertz CT molecular complexity index is 3630. The van der Waals surface area contributed by atoms with E-state index in [9.17, 15) is 24.0 Å². The standard InChI is InChI=1S/C83H99N3O15S/c1-3-77(87)94-57-27-13-11-25-55-92-68-44-48-71(49-45-68)97-70-42-40-66(41-43-70)82(91)99-73-52-53-75(101-96-61-62-36-38-65(39-37-62)81(90)98-72-50-46-69(47-51-72)93-56-26-12-14-28-58-95-78(88)4-2)67(59-73)60-84-86(83-85-74-33-22-23-34-76(74)102-83)54-24-10-8-6-5-7-9-21-35-79(89)100-80(63-29-17-15-18-30-63)64-31-19-16-20-32-64/h3-4,15-20,22-23,29-34,44-53,59-60,62,65-66,70,80H,1-2,5-14,21,24-28,35-43,54-58,61H2/b84-60+. The molecule has 18 nitrogen and oxygen atoms in total. The first-order valence-electron chi connectivity index (χ1n) is 36.6. The van der Waals surface area contributed by atoms with Crippen LogP contribution in [-0.4, -0.2) is 86.7 Å².